The van der Waals surface area contributed by atoms with Crippen molar-refractivity contribution in [3.05, 3.63) is 53.3 Å². The van der Waals surface area contributed by atoms with Crippen molar-refractivity contribution in [2.45, 2.75) is 12.5 Å². The standard InChI is InChI=1S/C18H18FN3O2/c1-23-15-7-10-6-14-17(13(10)9-16(15)24-2)21-22-18(14)20-12-5-3-4-11(19)8-12/h3-5,7-9,14,17,21H,6H2,1-2H3,(H,20,22). The largest absolute Gasteiger partial charge is 0.493 e. The fourth-order valence-corrected chi connectivity index (χ4v) is 3.45. The number of fused-ring (bicyclic) bond motifs is 3. The highest BCUT2D eigenvalue weighted by atomic mass is 19.1. The molecule has 24 heavy (non-hydrogen) atoms. The monoisotopic (exact) mass is 327 g/mol. The average molecular weight is 327 g/mol. The van der Waals surface area contributed by atoms with Crippen LogP contribution in [0.5, 0.6) is 11.5 Å². The van der Waals surface area contributed by atoms with E-state index in [0.717, 1.165) is 18.0 Å². The molecule has 0 saturated carbocycles. The maximum absolute atomic E-state index is 13.4. The molecular weight excluding hydrogens is 309 g/mol. The van der Waals surface area contributed by atoms with Crippen molar-refractivity contribution in [3.63, 3.8) is 0 Å². The second-order valence-corrected chi connectivity index (χ2v) is 5.94. The number of halogens is 1. The molecule has 1 aliphatic carbocycles. The van der Waals surface area contributed by atoms with Crippen molar-refractivity contribution < 1.29 is 13.9 Å². The number of amidine groups is 1. The first kappa shape index (κ1) is 15.0. The van der Waals surface area contributed by atoms with E-state index in [2.05, 4.69) is 15.8 Å². The van der Waals surface area contributed by atoms with Crippen LogP contribution in [0.3, 0.4) is 0 Å². The summed E-state index contributed by atoms with van der Waals surface area (Å²) in [6, 6.07) is 10.4. The van der Waals surface area contributed by atoms with Gasteiger partial charge in [0.05, 0.1) is 25.9 Å². The number of nitrogens with zero attached hydrogens (tertiary/aromatic N) is 1. The zero-order chi connectivity index (χ0) is 16.7. The number of rotatable bonds is 3. The Kier molecular flexibility index (Phi) is 3.61. The van der Waals surface area contributed by atoms with E-state index < -0.39 is 0 Å². The van der Waals surface area contributed by atoms with Gasteiger partial charge in [0.15, 0.2) is 11.5 Å². The van der Waals surface area contributed by atoms with Crippen molar-refractivity contribution in [1.82, 2.24) is 10.9 Å². The molecule has 1 saturated heterocycles. The smallest absolute Gasteiger partial charge is 0.161 e. The molecule has 2 unspecified atom stereocenters. The van der Waals surface area contributed by atoms with E-state index in [4.69, 9.17) is 9.47 Å². The zero-order valence-corrected chi connectivity index (χ0v) is 13.5. The van der Waals surface area contributed by atoms with Crippen LogP contribution in [0.15, 0.2) is 41.4 Å². The number of nitrogens with one attached hydrogen (secondary N) is 2. The number of methoxy groups -OCH3 is 2. The summed E-state index contributed by atoms with van der Waals surface area (Å²) in [5.41, 5.74) is 9.41. The number of hydrazine groups is 1. The molecule has 2 aliphatic rings. The molecule has 2 atom stereocenters. The number of benzene rings is 2. The first-order chi connectivity index (χ1) is 11.7. The topological polar surface area (TPSA) is 54.9 Å². The van der Waals surface area contributed by atoms with Crippen molar-refractivity contribution >= 4 is 11.5 Å². The summed E-state index contributed by atoms with van der Waals surface area (Å²) in [7, 11) is 3.27. The van der Waals surface area contributed by atoms with Gasteiger partial charge in [-0.25, -0.2) is 14.8 Å². The summed E-state index contributed by atoms with van der Waals surface area (Å²) >= 11 is 0. The van der Waals surface area contributed by atoms with Crippen molar-refractivity contribution in [2.24, 2.45) is 10.9 Å². The predicted octanol–water partition coefficient (Wildman–Crippen LogP) is 2.89. The molecule has 2 aromatic carbocycles. The van der Waals surface area contributed by atoms with Gasteiger partial charge in [-0.05, 0) is 47.9 Å². The Morgan fingerprint density at radius 3 is 2.67 bits per heavy atom. The van der Waals surface area contributed by atoms with Crippen LogP contribution in [0.2, 0.25) is 0 Å². The SMILES string of the molecule is COc1cc2c(cc1OC)C1NNC(=Nc3cccc(F)c3)C1C2. The number of ether oxygens (including phenoxy) is 2. The Morgan fingerprint density at radius 2 is 1.92 bits per heavy atom. The highest BCUT2D eigenvalue weighted by Crippen LogP contribution is 2.44. The Hall–Kier alpha value is -2.60. The van der Waals surface area contributed by atoms with Crippen LogP contribution in [0, 0.1) is 11.7 Å². The fourth-order valence-electron chi connectivity index (χ4n) is 3.45. The van der Waals surface area contributed by atoms with Crippen LogP contribution < -0.4 is 20.3 Å². The summed E-state index contributed by atoms with van der Waals surface area (Å²) in [6.45, 7) is 0. The summed E-state index contributed by atoms with van der Waals surface area (Å²) < 4.78 is 24.1. The molecular formula is C18H18FN3O2. The molecule has 0 aromatic heterocycles. The molecule has 0 spiro atoms. The molecule has 6 heteroatoms. The molecule has 0 radical (unpaired) electrons. The van der Waals surface area contributed by atoms with Gasteiger partial charge < -0.3 is 14.9 Å². The zero-order valence-electron chi connectivity index (χ0n) is 13.5. The van der Waals surface area contributed by atoms with Crippen molar-refractivity contribution in [2.75, 3.05) is 14.2 Å². The molecule has 0 bridgehead atoms. The predicted molar refractivity (Wildman–Crippen MR) is 89.2 cm³/mol. The van der Waals surface area contributed by atoms with Gasteiger partial charge in [0.25, 0.3) is 0 Å². The lowest BCUT2D eigenvalue weighted by atomic mass is 10.0. The third-order valence-electron chi connectivity index (χ3n) is 4.59. The number of aliphatic imine (C=N–C) groups is 1. The summed E-state index contributed by atoms with van der Waals surface area (Å²) in [4.78, 5) is 4.57. The summed E-state index contributed by atoms with van der Waals surface area (Å²) in [5, 5.41) is 0. The average Bonchev–Trinajstić information content (AvgIpc) is 3.13. The van der Waals surface area contributed by atoms with Crippen LogP contribution in [-0.2, 0) is 6.42 Å². The van der Waals surface area contributed by atoms with Crippen LogP contribution in [0.1, 0.15) is 17.2 Å². The molecule has 0 amide bonds. The van der Waals surface area contributed by atoms with E-state index in [0.29, 0.717) is 11.4 Å². The summed E-state index contributed by atoms with van der Waals surface area (Å²) in [5.74, 6) is 2.16. The molecule has 5 nitrogen and oxygen atoms in total. The Labute approximate surface area is 139 Å². The third kappa shape index (κ3) is 2.39. The quantitative estimate of drug-likeness (QED) is 0.910. The van der Waals surface area contributed by atoms with Gasteiger partial charge in [-0.15, -0.1) is 0 Å². The lowest BCUT2D eigenvalue weighted by Gasteiger charge is -2.13. The van der Waals surface area contributed by atoms with E-state index in [-0.39, 0.29) is 17.8 Å². The normalized spacial score (nSPS) is 22.9. The minimum Gasteiger partial charge on any atom is -0.493 e. The van der Waals surface area contributed by atoms with Crippen molar-refractivity contribution in [1.29, 1.82) is 0 Å². The van der Waals surface area contributed by atoms with E-state index in [1.54, 1.807) is 26.4 Å². The number of hydrogen-bond donors (Lipinski definition) is 2. The minimum atomic E-state index is -0.288. The Morgan fingerprint density at radius 1 is 1.12 bits per heavy atom. The van der Waals surface area contributed by atoms with Crippen LogP contribution in [-0.4, -0.2) is 20.1 Å². The van der Waals surface area contributed by atoms with Gasteiger partial charge >= 0.3 is 0 Å². The second kappa shape index (κ2) is 5.79. The maximum atomic E-state index is 13.4. The molecule has 124 valence electrons. The molecule has 1 aliphatic heterocycles. The van der Waals surface area contributed by atoms with Gasteiger partial charge in [0, 0.05) is 5.92 Å². The first-order valence-electron chi connectivity index (χ1n) is 7.80. The lowest BCUT2D eigenvalue weighted by Crippen LogP contribution is -2.28. The molecule has 1 heterocycles. The highest BCUT2D eigenvalue weighted by molar-refractivity contribution is 5.90. The minimum absolute atomic E-state index is 0.118. The highest BCUT2D eigenvalue weighted by Gasteiger charge is 2.41. The van der Waals surface area contributed by atoms with Gasteiger partial charge in [0.2, 0.25) is 0 Å². The van der Waals surface area contributed by atoms with Crippen LogP contribution >= 0.6 is 0 Å². The summed E-state index contributed by atoms with van der Waals surface area (Å²) in [6.07, 6.45) is 0.842. The van der Waals surface area contributed by atoms with Crippen molar-refractivity contribution in [3.8, 4) is 11.5 Å². The van der Waals surface area contributed by atoms with E-state index >= 15 is 0 Å². The maximum Gasteiger partial charge on any atom is 0.161 e. The number of hydrogen-bond acceptors (Lipinski definition) is 4. The lowest BCUT2D eigenvalue weighted by molar-refractivity contribution is 0.354. The van der Waals surface area contributed by atoms with Gasteiger partial charge in [0.1, 0.15) is 11.7 Å². The molecule has 2 aromatic rings. The second-order valence-electron chi connectivity index (χ2n) is 5.94. The van der Waals surface area contributed by atoms with E-state index in [9.17, 15) is 4.39 Å². The molecule has 1 fully saturated rings. The van der Waals surface area contributed by atoms with Crippen LogP contribution in [0.25, 0.3) is 0 Å². The molecule has 4 rings (SSSR count). The third-order valence-corrected chi connectivity index (χ3v) is 4.59. The fraction of sp³-hybridized carbons (Fsp3) is 0.278. The Bertz CT molecular complexity index is 822. The van der Waals surface area contributed by atoms with Gasteiger partial charge in [-0.1, -0.05) is 6.07 Å². The molecule has 2 N–H and O–H groups in total. The van der Waals surface area contributed by atoms with Crippen LogP contribution in [0.4, 0.5) is 10.1 Å². The van der Waals surface area contributed by atoms with E-state index in [1.807, 2.05) is 12.1 Å². The Balaban J connectivity index is 1.67. The van der Waals surface area contributed by atoms with Gasteiger partial charge in [-0.3, -0.25) is 0 Å². The van der Waals surface area contributed by atoms with E-state index in [1.165, 1.54) is 23.3 Å². The first-order valence-corrected chi connectivity index (χ1v) is 7.80. The van der Waals surface area contributed by atoms with Gasteiger partial charge in [-0.2, -0.15) is 0 Å².